The fraction of sp³-hybridized carbons (Fsp3) is 0.788. The molecule has 0 unspecified atom stereocenters. The highest BCUT2D eigenvalue weighted by atomic mass is 16.7. The van der Waals surface area contributed by atoms with Gasteiger partial charge in [-0.3, -0.25) is 0 Å². The van der Waals surface area contributed by atoms with Gasteiger partial charge < -0.3 is 9.47 Å². The van der Waals surface area contributed by atoms with Crippen LogP contribution < -0.4 is 0 Å². The molecule has 0 atom stereocenters. The SMILES string of the molecule is CC/C=C\C/C=C\C/C=C\CCCCCCCCOC(=O)OCCCCCCCCCCCCCC. The summed E-state index contributed by atoms with van der Waals surface area (Å²) in [5.41, 5.74) is 0. The molecule has 3 heteroatoms. The Morgan fingerprint density at radius 2 is 0.861 bits per heavy atom. The van der Waals surface area contributed by atoms with Gasteiger partial charge in [-0.1, -0.05) is 147 Å². The van der Waals surface area contributed by atoms with Gasteiger partial charge in [-0.15, -0.1) is 0 Å². The van der Waals surface area contributed by atoms with Crippen molar-refractivity contribution in [3.63, 3.8) is 0 Å². The van der Waals surface area contributed by atoms with Crippen molar-refractivity contribution in [3.05, 3.63) is 36.5 Å². The fourth-order valence-electron chi connectivity index (χ4n) is 4.19. The molecule has 0 aliphatic rings. The Morgan fingerprint density at radius 3 is 1.33 bits per heavy atom. The number of carbonyl (C=O) groups is 1. The lowest BCUT2D eigenvalue weighted by Gasteiger charge is -2.06. The predicted molar refractivity (Wildman–Crippen MR) is 158 cm³/mol. The van der Waals surface area contributed by atoms with Crippen molar-refractivity contribution < 1.29 is 14.3 Å². The monoisotopic (exact) mass is 504 g/mol. The summed E-state index contributed by atoms with van der Waals surface area (Å²) in [6, 6.07) is 0. The van der Waals surface area contributed by atoms with Crippen LogP contribution in [0.3, 0.4) is 0 Å². The van der Waals surface area contributed by atoms with Gasteiger partial charge >= 0.3 is 6.16 Å². The van der Waals surface area contributed by atoms with Crippen molar-refractivity contribution >= 4 is 6.16 Å². The number of carbonyl (C=O) groups excluding carboxylic acids is 1. The Hall–Kier alpha value is -1.51. The van der Waals surface area contributed by atoms with E-state index in [1.165, 1.54) is 96.3 Å². The molecule has 0 heterocycles. The smallest absolute Gasteiger partial charge is 0.434 e. The van der Waals surface area contributed by atoms with E-state index in [1.54, 1.807) is 0 Å². The molecule has 0 amide bonds. The summed E-state index contributed by atoms with van der Waals surface area (Å²) < 4.78 is 10.4. The molecule has 0 aliphatic carbocycles. The Balaban J connectivity index is 3.24. The average molecular weight is 505 g/mol. The second-order valence-corrected chi connectivity index (χ2v) is 10.0. The Morgan fingerprint density at radius 1 is 0.472 bits per heavy atom. The highest BCUT2D eigenvalue weighted by Crippen LogP contribution is 2.12. The molecule has 0 aromatic carbocycles. The zero-order valence-electron chi connectivity index (χ0n) is 24.2. The van der Waals surface area contributed by atoms with Gasteiger partial charge in [-0.05, 0) is 44.9 Å². The molecule has 0 aromatic rings. The summed E-state index contributed by atoms with van der Waals surface area (Å²) in [7, 11) is 0. The van der Waals surface area contributed by atoms with Crippen LogP contribution in [0.5, 0.6) is 0 Å². The van der Waals surface area contributed by atoms with Crippen molar-refractivity contribution in [3.8, 4) is 0 Å². The number of rotatable bonds is 27. The first-order valence-electron chi connectivity index (χ1n) is 15.6. The molecule has 0 spiro atoms. The average Bonchev–Trinajstić information content (AvgIpc) is 2.88. The Labute approximate surface area is 225 Å². The van der Waals surface area contributed by atoms with Gasteiger partial charge in [-0.2, -0.15) is 0 Å². The van der Waals surface area contributed by atoms with E-state index in [2.05, 4.69) is 50.3 Å². The van der Waals surface area contributed by atoms with Crippen LogP contribution in [0.2, 0.25) is 0 Å². The minimum absolute atomic E-state index is 0.488. The van der Waals surface area contributed by atoms with Crippen LogP contribution in [-0.4, -0.2) is 19.4 Å². The van der Waals surface area contributed by atoms with E-state index in [9.17, 15) is 4.79 Å². The zero-order chi connectivity index (χ0) is 26.2. The first kappa shape index (κ1) is 34.5. The molecule has 0 radical (unpaired) electrons. The topological polar surface area (TPSA) is 35.5 Å². The van der Waals surface area contributed by atoms with Crippen molar-refractivity contribution in [2.75, 3.05) is 13.2 Å². The summed E-state index contributed by atoms with van der Waals surface area (Å²) >= 11 is 0. The Bertz CT molecular complexity index is 521. The molecule has 0 saturated carbocycles. The minimum Gasteiger partial charge on any atom is -0.434 e. The molecule has 0 fully saturated rings. The third-order valence-corrected chi connectivity index (χ3v) is 6.48. The highest BCUT2D eigenvalue weighted by Gasteiger charge is 2.03. The van der Waals surface area contributed by atoms with Crippen molar-refractivity contribution in [2.24, 2.45) is 0 Å². The first-order valence-corrected chi connectivity index (χ1v) is 15.6. The van der Waals surface area contributed by atoms with E-state index in [1.807, 2.05) is 0 Å². The van der Waals surface area contributed by atoms with Gasteiger partial charge in [0, 0.05) is 0 Å². The van der Waals surface area contributed by atoms with E-state index in [0.29, 0.717) is 13.2 Å². The van der Waals surface area contributed by atoms with E-state index in [4.69, 9.17) is 9.47 Å². The van der Waals surface area contributed by atoms with Gasteiger partial charge in [0.05, 0.1) is 13.2 Å². The van der Waals surface area contributed by atoms with Gasteiger partial charge in [0.2, 0.25) is 0 Å². The lowest BCUT2D eigenvalue weighted by molar-refractivity contribution is 0.0529. The minimum atomic E-state index is -0.489. The fourth-order valence-corrected chi connectivity index (χ4v) is 4.19. The lowest BCUT2D eigenvalue weighted by atomic mass is 10.1. The van der Waals surface area contributed by atoms with Gasteiger partial charge in [0.25, 0.3) is 0 Å². The maximum atomic E-state index is 11.6. The number of hydrogen-bond donors (Lipinski definition) is 0. The third-order valence-electron chi connectivity index (χ3n) is 6.48. The molecular formula is C33H60O3. The molecule has 210 valence electrons. The largest absolute Gasteiger partial charge is 0.508 e. The number of allylic oxidation sites excluding steroid dienone is 6. The number of hydrogen-bond acceptors (Lipinski definition) is 3. The van der Waals surface area contributed by atoms with E-state index < -0.39 is 6.16 Å². The van der Waals surface area contributed by atoms with Gasteiger partial charge in [-0.25, -0.2) is 4.79 Å². The maximum Gasteiger partial charge on any atom is 0.508 e. The third kappa shape index (κ3) is 30.5. The molecule has 0 bridgehead atoms. The molecule has 0 saturated heterocycles. The number of unbranched alkanes of at least 4 members (excludes halogenated alkanes) is 17. The van der Waals surface area contributed by atoms with Crippen molar-refractivity contribution in [1.29, 1.82) is 0 Å². The normalized spacial score (nSPS) is 11.8. The molecule has 0 N–H and O–H groups in total. The van der Waals surface area contributed by atoms with E-state index in [0.717, 1.165) is 44.9 Å². The second-order valence-electron chi connectivity index (χ2n) is 10.0. The summed E-state index contributed by atoms with van der Waals surface area (Å²) in [5, 5.41) is 0. The summed E-state index contributed by atoms with van der Waals surface area (Å²) in [6.07, 6.45) is 40.2. The Kier molecular flexibility index (Phi) is 30.2. The van der Waals surface area contributed by atoms with Crippen LogP contribution >= 0.6 is 0 Å². The van der Waals surface area contributed by atoms with Crippen LogP contribution in [0.25, 0.3) is 0 Å². The molecule has 36 heavy (non-hydrogen) atoms. The van der Waals surface area contributed by atoms with Crippen LogP contribution in [0.15, 0.2) is 36.5 Å². The summed E-state index contributed by atoms with van der Waals surface area (Å²) in [5.74, 6) is 0. The molecule has 0 aliphatic heterocycles. The molecule has 0 rings (SSSR count). The molecule has 3 nitrogen and oxygen atoms in total. The quantitative estimate of drug-likeness (QED) is 0.0633. The van der Waals surface area contributed by atoms with Crippen LogP contribution in [0.1, 0.15) is 155 Å². The zero-order valence-corrected chi connectivity index (χ0v) is 24.2. The first-order chi connectivity index (χ1) is 17.8. The van der Waals surface area contributed by atoms with Crippen molar-refractivity contribution in [2.45, 2.75) is 155 Å². The van der Waals surface area contributed by atoms with Crippen LogP contribution in [-0.2, 0) is 9.47 Å². The van der Waals surface area contributed by atoms with Gasteiger partial charge in [0.1, 0.15) is 0 Å². The molecule has 0 aromatic heterocycles. The predicted octanol–water partition coefficient (Wildman–Crippen LogP) is 11.4. The van der Waals surface area contributed by atoms with Crippen LogP contribution in [0, 0.1) is 0 Å². The van der Waals surface area contributed by atoms with Gasteiger partial charge in [0.15, 0.2) is 0 Å². The second kappa shape index (κ2) is 31.5. The van der Waals surface area contributed by atoms with Crippen LogP contribution in [0.4, 0.5) is 4.79 Å². The lowest BCUT2D eigenvalue weighted by Crippen LogP contribution is -2.09. The van der Waals surface area contributed by atoms with E-state index in [-0.39, 0.29) is 0 Å². The number of ether oxygens (including phenoxy) is 2. The standard InChI is InChI=1S/C33H60O3/c1-3-5-7-9-11-13-15-17-18-19-20-22-24-26-28-30-32-36-33(34)35-31-29-27-25-23-21-16-14-12-10-8-6-4-2/h5,7,11,13,17-18H,3-4,6,8-10,12,14-16,19-32H2,1-2H3/b7-5-,13-11-,18-17-. The molecular weight excluding hydrogens is 444 g/mol. The maximum absolute atomic E-state index is 11.6. The summed E-state index contributed by atoms with van der Waals surface area (Å²) in [4.78, 5) is 11.6. The van der Waals surface area contributed by atoms with E-state index >= 15 is 0 Å². The highest BCUT2D eigenvalue weighted by molar-refractivity contribution is 5.59. The van der Waals surface area contributed by atoms with Crippen molar-refractivity contribution in [1.82, 2.24) is 0 Å². The summed E-state index contributed by atoms with van der Waals surface area (Å²) in [6.45, 7) is 5.42.